The molecule has 0 saturated heterocycles. The maximum Gasteiger partial charge on any atom is 0.343 e. The largest absolute Gasteiger partial charge is 0.465 e. The maximum atomic E-state index is 11.3. The van der Waals surface area contributed by atoms with Crippen LogP contribution in [0.3, 0.4) is 0 Å². The van der Waals surface area contributed by atoms with Gasteiger partial charge < -0.3 is 10.5 Å². The maximum absolute atomic E-state index is 11.3. The van der Waals surface area contributed by atoms with Crippen LogP contribution in [0, 0.1) is 0 Å². The van der Waals surface area contributed by atoms with Gasteiger partial charge in [-0.3, -0.25) is 9.36 Å². The Morgan fingerprint density at radius 3 is 2.94 bits per heavy atom. The van der Waals surface area contributed by atoms with Gasteiger partial charge in [0.2, 0.25) is 0 Å². The Hall–Kier alpha value is -1.28. The highest BCUT2D eigenvalue weighted by molar-refractivity contribution is 7.99. The van der Waals surface area contributed by atoms with Crippen LogP contribution in [-0.4, -0.2) is 39.1 Å². The van der Waals surface area contributed by atoms with Gasteiger partial charge in [-0.05, 0) is 13.8 Å². The molecule has 0 radical (unpaired) electrons. The van der Waals surface area contributed by atoms with E-state index in [9.17, 15) is 9.59 Å². The lowest BCUT2D eigenvalue weighted by atomic mass is 10.4. The number of ether oxygens (including phenoxy) is 1. The minimum atomic E-state index is -0.711. The Balaban J connectivity index is 2.55. The van der Waals surface area contributed by atoms with E-state index in [2.05, 4.69) is 10.2 Å². The number of nitrogens with two attached hydrogens (primary N) is 1. The number of hydrogen-bond acceptors (Lipinski definition) is 6. The minimum Gasteiger partial charge on any atom is -0.465 e. The van der Waals surface area contributed by atoms with Gasteiger partial charge in [-0.15, -0.1) is 5.10 Å². The molecule has 0 aliphatic rings. The van der Waals surface area contributed by atoms with E-state index in [4.69, 9.17) is 10.5 Å². The quantitative estimate of drug-likeness (QED) is 0.531. The number of aromatic nitrogens is 3. The third kappa shape index (κ3) is 3.60. The summed E-state index contributed by atoms with van der Waals surface area (Å²) in [4.78, 5) is 22.5. The first-order valence-corrected chi connectivity index (χ1v) is 6.28. The fourth-order valence-corrected chi connectivity index (χ4v) is 2.12. The highest BCUT2D eigenvalue weighted by Crippen LogP contribution is 2.13. The summed E-state index contributed by atoms with van der Waals surface area (Å²) in [6.45, 7) is 4.39. The lowest BCUT2D eigenvalue weighted by molar-refractivity contribution is -0.144. The van der Waals surface area contributed by atoms with Crippen LogP contribution in [0.2, 0.25) is 0 Å². The predicted octanol–water partition coefficient (Wildman–Crippen LogP) is -0.426. The molecule has 7 nitrogen and oxygen atoms in total. The number of nitrogens with one attached hydrogen (secondary N) is 1. The zero-order valence-electron chi connectivity index (χ0n) is 9.80. The number of carbonyl (C=O) groups excluding carboxylic acids is 1. The van der Waals surface area contributed by atoms with Crippen molar-refractivity contribution in [3.63, 3.8) is 0 Å². The van der Waals surface area contributed by atoms with Crippen LogP contribution in [0.4, 0.5) is 0 Å². The predicted molar refractivity (Wildman–Crippen MR) is 63.9 cm³/mol. The summed E-state index contributed by atoms with van der Waals surface area (Å²) in [5.41, 5.74) is 5.36. The summed E-state index contributed by atoms with van der Waals surface area (Å²) in [6.07, 6.45) is 0. The summed E-state index contributed by atoms with van der Waals surface area (Å²) >= 11 is 1.25. The topological polar surface area (TPSA) is 103 Å². The van der Waals surface area contributed by atoms with Gasteiger partial charge in [-0.25, -0.2) is 9.89 Å². The average Bonchev–Trinajstić information content (AvgIpc) is 2.67. The lowest BCUT2D eigenvalue weighted by Gasteiger charge is -2.09. The zero-order chi connectivity index (χ0) is 12.8. The van der Waals surface area contributed by atoms with E-state index >= 15 is 0 Å². The van der Waals surface area contributed by atoms with Crippen LogP contribution in [0.25, 0.3) is 0 Å². The third-order valence-corrected chi connectivity index (χ3v) is 3.12. The Morgan fingerprint density at radius 1 is 1.65 bits per heavy atom. The molecule has 0 spiro atoms. The number of rotatable bonds is 6. The number of thioether (sulfide) groups is 1. The molecule has 17 heavy (non-hydrogen) atoms. The molecule has 0 bridgehead atoms. The van der Waals surface area contributed by atoms with Crippen LogP contribution in [0.1, 0.15) is 13.8 Å². The zero-order valence-corrected chi connectivity index (χ0v) is 10.6. The molecule has 0 aromatic carbocycles. The molecule has 3 N–H and O–H groups in total. The second-order valence-corrected chi connectivity index (χ2v) is 4.21. The summed E-state index contributed by atoms with van der Waals surface area (Å²) in [5, 5.41) is 6.72. The van der Waals surface area contributed by atoms with Crippen LogP contribution < -0.4 is 11.4 Å². The van der Waals surface area contributed by atoms with Gasteiger partial charge >= 0.3 is 11.7 Å². The molecule has 1 atom stereocenters. The molecular formula is C9H16N4O3S. The van der Waals surface area contributed by atoms with Gasteiger partial charge in [0.1, 0.15) is 6.04 Å². The van der Waals surface area contributed by atoms with E-state index in [0.29, 0.717) is 24.1 Å². The molecule has 1 rings (SSSR count). The standard InChI is InChI=1S/C9H16N4O3S/c1-3-13-8(15)11-12-9(13)17-5-6(10)7(14)16-4-2/h6H,3-5,10H2,1-2H3,(H,11,15). The van der Waals surface area contributed by atoms with Crippen molar-refractivity contribution in [1.29, 1.82) is 0 Å². The smallest absolute Gasteiger partial charge is 0.343 e. The van der Waals surface area contributed by atoms with Crippen molar-refractivity contribution in [3.05, 3.63) is 10.5 Å². The number of hydrogen-bond donors (Lipinski definition) is 2. The fraction of sp³-hybridized carbons (Fsp3) is 0.667. The molecule has 0 aliphatic heterocycles. The van der Waals surface area contributed by atoms with Crippen LogP contribution in [0.15, 0.2) is 9.95 Å². The number of aromatic amines is 1. The molecule has 0 saturated carbocycles. The summed E-state index contributed by atoms with van der Waals surface area (Å²) < 4.78 is 6.25. The number of H-pyrrole nitrogens is 1. The van der Waals surface area contributed by atoms with E-state index in [1.54, 1.807) is 6.92 Å². The first-order chi connectivity index (χ1) is 8.10. The summed E-state index contributed by atoms with van der Waals surface area (Å²) in [7, 11) is 0. The summed E-state index contributed by atoms with van der Waals surface area (Å²) in [5.74, 6) is -0.121. The molecule has 1 unspecified atom stereocenters. The Labute approximate surface area is 103 Å². The number of carbonyl (C=O) groups is 1. The van der Waals surface area contributed by atoms with Gasteiger partial charge in [-0.2, -0.15) is 0 Å². The van der Waals surface area contributed by atoms with Gasteiger partial charge in [0.25, 0.3) is 0 Å². The molecule has 0 amide bonds. The third-order valence-electron chi connectivity index (χ3n) is 2.02. The van der Waals surface area contributed by atoms with Crippen LogP contribution >= 0.6 is 11.8 Å². The molecule has 0 fully saturated rings. The monoisotopic (exact) mass is 260 g/mol. The van der Waals surface area contributed by atoms with Gasteiger partial charge in [0, 0.05) is 12.3 Å². The second-order valence-electron chi connectivity index (χ2n) is 3.23. The molecule has 0 aliphatic carbocycles. The van der Waals surface area contributed by atoms with E-state index in [1.165, 1.54) is 16.3 Å². The van der Waals surface area contributed by atoms with Crippen molar-refractivity contribution in [2.45, 2.75) is 31.6 Å². The van der Waals surface area contributed by atoms with E-state index in [0.717, 1.165) is 0 Å². The van der Waals surface area contributed by atoms with Gasteiger partial charge in [-0.1, -0.05) is 11.8 Å². The van der Waals surface area contributed by atoms with Gasteiger partial charge in [0.15, 0.2) is 5.16 Å². The highest BCUT2D eigenvalue weighted by atomic mass is 32.2. The highest BCUT2D eigenvalue weighted by Gasteiger charge is 2.16. The number of nitrogens with zero attached hydrogens (tertiary/aromatic N) is 2. The Morgan fingerprint density at radius 2 is 2.35 bits per heavy atom. The average molecular weight is 260 g/mol. The van der Waals surface area contributed by atoms with Crippen molar-refractivity contribution in [2.75, 3.05) is 12.4 Å². The first-order valence-electron chi connectivity index (χ1n) is 5.30. The summed E-state index contributed by atoms with van der Waals surface area (Å²) in [6, 6.07) is -0.711. The molecule has 1 aromatic rings. The Kier molecular flexibility index (Phi) is 5.23. The van der Waals surface area contributed by atoms with Crippen molar-refractivity contribution < 1.29 is 9.53 Å². The van der Waals surface area contributed by atoms with Crippen molar-refractivity contribution in [1.82, 2.24) is 14.8 Å². The normalized spacial score (nSPS) is 12.4. The van der Waals surface area contributed by atoms with Crippen molar-refractivity contribution in [3.8, 4) is 0 Å². The molecule has 1 heterocycles. The van der Waals surface area contributed by atoms with Crippen molar-refractivity contribution in [2.24, 2.45) is 5.73 Å². The number of esters is 1. The van der Waals surface area contributed by atoms with E-state index in [-0.39, 0.29) is 5.69 Å². The Bertz CT molecular complexity index is 428. The van der Waals surface area contributed by atoms with Crippen LogP contribution in [-0.2, 0) is 16.1 Å². The van der Waals surface area contributed by atoms with Crippen molar-refractivity contribution >= 4 is 17.7 Å². The molecular weight excluding hydrogens is 244 g/mol. The molecule has 1 aromatic heterocycles. The first kappa shape index (κ1) is 13.8. The SMILES string of the molecule is CCOC(=O)C(N)CSc1n[nH]c(=O)n1CC. The van der Waals surface area contributed by atoms with E-state index < -0.39 is 12.0 Å². The lowest BCUT2D eigenvalue weighted by Crippen LogP contribution is -2.34. The fourth-order valence-electron chi connectivity index (χ4n) is 1.17. The molecule has 8 heteroatoms. The molecule has 96 valence electrons. The van der Waals surface area contributed by atoms with E-state index in [1.807, 2.05) is 6.92 Å². The van der Waals surface area contributed by atoms with Gasteiger partial charge in [0.05, 0.1) is 6.61 Å². The minimum absolute atomic E-state index is 0.264. The van der Waals surface area contributed by atoms with Crippen LogP contribution in [0.5, 0.6) is 0 Å². The second kappa shape index (κ2) is 6.45.